The monoisotopic (exact) mass is 281 g/mol. The molecule has 0 saturated heterocycles. The topological polar surface area (TPSA) is 57.6 Å². The van der Waals surface area contributed by atoms with Crippen molar-refractivity contribution in [1.29, 1.82) is 0 Å². The number of carbonyl (C=O) groups excluding carboxylic acids is 1. The van der Waals surface area contributed by atoms with Gasteiger partial charge in [0.2, 0.25) is 0 Å². The maximum Gasteiger partial charge on any atom is 0.305 e. The molecule has 0 aromatic carbocycles. The zero-order valence-electron chi connectivity index (χ0n) is 11.3. The summed E-state index contributed by atoms with van der Waals surface area (Å²) >= 11 is 1.54. The molecule has 19 heavy (non-hydrogen) atoms. The standard InChI is InChI=1S/C14H19NO3S/c1-3-11-9(2)8-12(19-11)14(18)15(10-4-5-10)7-6-13(16)17/h8,10H,3-7H2,1-2H3,(H,16,17). The molecule has 1 aliphatic carbocycles. The molecule has 1 aromatic heterocycles. The van der Waals surface area contributed by atoms with E-state index in [4.69, 9.17) is 5.11 Å². The van der Waals surface area contributed by atoms with Crippen molar-refractivity contribution in [1.82, 2.24) is 4.90 Å². The highest BCUT2D eigenvalue weighted by Gasteiger charge is 2.33. The lowest BCUT2D eigenvalue weighted by Crippen LogP contribution is -2.34. The molecule has 0 bridgehead atoms. The second-order valence-corrected chi connectivity index (χ2v) is 6.08. The highest BCUT2D eigenvalue weighted by atomic mass is 32.1. The average molecular weight is 281 g/mol. The Kier molecular flexibility index (Phi) is 4.24. The minimum atomic E-state index is -0.852. The molecule has 1 fully saturated rings. The third kappa shape index (κ3) is 3.35. The molecule has 1 saturated carbocycles. The summed E-state index contributed by atoms with van der Waals surface area (Å²) in [6.45, 7) is 4.41. The molecular weight excluding hydrogens is 262 g/mol. The van der Waals surface area contributed by atoms with E-state index in [-0.39, 0.29) is 18.4 Å². The van der Waals surface area contributed by atoms with E-state index in [1.165, 1.54) is 16.2 Å². The van der Waals surface area contributed by atoms with Crippen molar-refractivity contribution in [3.8, 4) is 0 Å². The number of aryl methyl sites for hydroxylation is 2. The van der Waals surface area contributed by atoms with Gasteiger partial charge in [-0.15, -0.1) is 11.3 Å². The predicted octanol–water partition coefficient (Wildman–Crippen LogP) is 2.70. The van der Waals surface area contributed by atoms with Crippen molar-refractivity contribution in [2.45, 2.75) is 45.6 Å². The summed E-state index contributed by atoms with van der Waals surface area (Å²) in [7, 11) is 0. The first-order valence-corrected chi connectivity index (χ1v) is 7.46. The van der Waals surface area contributed by atoms with Gasteiger partial charge in [-0.3, -0.25) is 9.59 Å². The fourth-order valence-corrected chi connectivity index (χ4v) is 3.24. The Hall–Kier alpha value is -1.36. The Morgan fingerprint density at radius 1 is 1.47 bits per heavy atom. The largest absolute Gasteiger partial charge is 0.481 e. The Labute approximate surface area is 117 Å². The second kappa shape index (κ2) is 5.74. The van der Waals surface area contributed by atoms with Crippen LogP contribution in [0.5, 0.6) is 0 Å². The number of nitrogens with zero attached hydrogens (tertiary/aromatic N) is 1. The van der Waals surface area contributed by atoms with Gasteiger partial charge in [-0.05, 0) is 37.8 Å². The number of carboxylic acids is 1. The minimum absolute atomic E-state index is 0.00319. The van der Waals surface area contributed by atoms with Crippen molar-refractivity contribution < 1.29 is 14.7 Å². The van der Waals surface area contributed by atoms with Gasteiger partial charge >= 0.3 is 5.97 Å². The molecule has 1 aromatic rings. The van der Waals surface area contributed by atoms with Gasteiger partial charge in [0.1, 0.15) is 0 Å². The van der Waals surface area contributed by atoms with E-state index in [1.54, 1.807) is 4.90 Å². The lowest BCUT2D eigenvalue weighted by Gasteiger charge is -2.20. The molecule has 0 atom stereocenters. The predicted molar refractivity (Wildman–Crippen MR) is 74.7 cm³/mol. The summed E-state index contributed by atoms with van der Waals surface area (Å²) in [5.41, 5.74) is 1.16. The van der Waals surface area contributed by atoms with Crippen LogP contribution in [-0.2, 0) is 11.2 Å². The molecule has 1 heterocycles. The van der Waals surface area contributed by atoms with E-state index < -0.39 is 5.97 Å². The zero-order chi connectivity index (χ0) is 14.0. The van der Waals surface area contributed by atoms with Crippen LogP contribution in [0.1, 0.15) is 46.3 Å². The zero-order valence-corrected chi connectivity index (χ0v) is 12.1. The van der Waals surface area contributed by atoms with Crippen LogP contribution < -0.4 is 0 Å². The Morgan fingerprint density at radius 3 is 2.63 bits per heavy atom. The van der Waals surface area contributed by atoms with E-state index in [0.29, 0.717) is 6.54 Å². The molecule has 5 heteroatoms. The number of carboxylic acid groups (broad SMARTS) is 1. The van der Waals surface area contributed by atoms with Crippen LogP contribution in [0.2, 0.25) is 0 Å². The van der Waals surface area contributed by atoms with Crippen molar-refractivity contribution in [3.63, 3.8) is 0 Å². The van der Waals surface area contributed by atoms with E-state index in [9.17, 15) is 9.59 Å². The lowest BCUT2D eigenvalue weighted by atomic mass is 10.2. The van der Waals surface area contributed by atoms with Gasteiger partial charge < -0.3 is 10.0 Å². The smallest absolute Gasteiger partial charge is 0.305 e. The number of hydrogen-bond donors (Lipinski definition) is 1. The Balaban J connectivity index is 2.11. The third-order valence-electron chi connectivity index (χ3n) is 3.37. The van der Waals surface area contributed by atoms with Crippen LogP contribution in [0, 0.1) is 6.92 Å². The molecular formula is C14H19NO3S. The van der Waals surface area contributed by atoms with Crippen LogP contribution in [0.3, 0.4) is 0 Å². The SMILES string of the molecule is CCc1sc(C(=O)N(CCC(=O)O)C2CC2)cc1C. The summed E-state index contributed by atoms with van der Waals surface area (Å²) in [5.74, 6) is -0.855. The Bertz CT molecular complexity index is 491. The molecule has 1 N–H and O–H groups in total. The first-order chi connectivity index (χ1) is 9.02. The molecule has 0 spiro atoms. The highest BCUT2D eigenvalue weighted by molar-refractivity contribution is 7.14. The lowest BCUT2D eigenvalue weighted by molar-refractivity contribution is -0.137. The summed E-state index contributed by atoms with van der Waals surface area (Å²) < 4.78 is 0. The van der Waals surface area contributed by atoms with Gasteiger partial charge in [-0.2, -0.15) is 0 Å². The van der Waals surface area contributed by atoms with Gasteiger partial charge in [0, 0.05) is 17.5 Å². The van der Waals surface area contributed by atoms with Gasteiger partial charge in [0.05, 0.1) is 11.3 Å². The second-order valence-electron chi connectivity index (χ2n) is 4.94. The van der Waals surface area contributed by atoms with E-state index in [2.05, 4.69) is 6.92 Å². The molecule has 1 amide bonds. The number of thiophene rings is 1. The first kappa shape index (κ1) is 14.1. The van der Waals surface area contributed by atoms with Crippen LogP contribution in [-0.4, -0.2) is 34.5 Å². The third-order valence-corrected chi connectivity index (χ3v) is 4.74. The number of hydrogen-bond acceptors (Lipinski definition) is 3. The summed E-state index contributed by atoms with van der Waals surface area (Å²) in [6.07, 6.45) is 2.95. The number of amides is 1. The quantitative estimate of drug-likeness (QED) is 0.872. The van der Waals surface area contributed by atoms with E-state index in [1.807, 2.05) is 13.0 Å². The summed E-state index contributed by atoms with van der Waals surface area (Å²) in [6, 6.07) is 2.18. The molecule has 4 nitrogen and oxygen atoms in total. The fraction of sp³-hybridized carbons (Fsp3) is 0.571. The molecule has 0 unspecified atom stereocenters. The molecule has 0 radical (unpaired) electrons. The molecule has 1 aliphatic rings. The fourth-order valence-electron chi connectivity index (χ4n) is 2.17. The summed E-state index contributed by atoms with van der Waals surface area (Å²) in [4.78, 5) is 26.8. The number of carbonyl (C=O) groups is 2. The van der Waals surface area contributed by atoms with Gasteiger partial charge in [0.15, 0.2) is 0 Å². The van der Waals surface area contributed by atoms with Crippen LogP contribution >= 0.6 is 11.3 Å². The van der Waals surface area contributed by atoms with Gasteiger partial charge in [-0.25, -0.2) is 0 Å². The van der Waals surface area contributed by atoms with E-state index in [0.717, 1.165) is 29.7 Å². The van der Waals surface area contributed by atoms with Crippen molar-refractivity contribution in [2.75, 3.05) is 6.54 Å². The maximum absolute atomic E-state index is 12.5. The number of aliphatic carboxylic acids is 1. The van der Waals surface area contributed by atoms with E-state index >= 15 is 0 Å². The molecule has 2 rings (SSSR count). The van der Waals surface area contributed by atoms with Crippen LogP contribution in [0.4, 0.5) is 0 Å². The minimum Gasteiger partial charge on any atom is -0.481 e. The first-order valence-electron chi connectivity index (χ1n) is 6.65. The maximum atomic E-state index is 12.5. The highest BCUT2D eigenvalue weighted by Crippen LogP contribution is 2.31. The van der Waals surface area contributed by atoms with Crippen molar-refractivity contribution in [3.05, 3.63) is 21.4 Å². The molecule has 104 valence electrons. The number of rotatable bonds is 6. The van der Waals surface area contributed by atoms with Crippen LogP contribution in [0.15, 0.2) is 6.07 Å². The van der Waals surface area contributed by atoms with Gasteiger partial charge in [0.25, 0.3) is 5.91 Å². The molecule has 0 aliphatic heterocycles. The van der Waals surface area contributed by atoms with Crippen molar-refractivity contribution in [2.24, 2.45) is 0 Å². The average Bonchev–Trinajstić information content (AvgIpc) is 3.11. The van der Waals surface area contributed by atoms with Gasteiger partial charge in [-0.1, -0.05) is 6.92 Å². The van der Waals surface area contributed by atoms with Crippen LogP contribution in [0.25, 0.3) is 0 Å². The summed E-state index contributed by atoms with van der Waals surface area (Å²) in [5, 5.41) is 8.77. The van der Waals surface area contributed by atoms with Crippen molar-refractivity contribution >= 4 is 23.2 Å². The Morgan fingerprint density at radius 2 is 2.16 bits per heavy atom. The normalized spacial score (nSPS) is 14.4.